The van der Waals surface area contributed by atoms with E-state index in [1.54, 1.807) is 0 Å². The average molecular weight is 195 g/mol. The standard InChI is InChI=1S/C10H10FNO2/c1-6(13)4-10(14)8-5-7(11)2-3-9(8)12/h2-3,5H,4,12H2,1H3. The van der Waals surface area contributed by atoms with E-state index in [2.05, 4.69) is 0 Å². The molecular weight excluding hydrogens is 185 g/mol. The summed E-state index contributed by atoms with van der Waals surface area (Å²) in [6.45, 7) is 1.30. The molecule has 0 aromatic heterocycles. The Labute approximate surface area is 80.7 Å². The number of nitrogens with two attached hydrogens (primary N) is 1. The van der Waals surface area contributed by atoms with E-state index < -0.39 is 11.6 Å². The first kappa shape index (κ1) is 10.4. The van der Waals surface area contributed by atoms with Crippen LogP contribution in [-0.2, 0) is 4.79 Å². The van der Waals surface area contributed by atoms with Crippen LogP contribution in [0.4, 0.5) is 10.1 Å². The van der Waals surface area contributed by atoms with Crippen LogP contribution < -0.4 is 5.73 Å². The Hall–Kier alpha value is -1.71. The van der Waals surface area contributed by atoms with Crippen LogP contribution in [-0.4, -0.2) is 11.6 Å². The van der Waals surface area contributed by atoms with Gasteiger partial charge in [0.15, 0.2) is 5.78 Å². The highest BCUT2D eigenvalue weighted by Crippen LogP contribution is 2.15. The third-order valence-corrected chi connectivity index (χ3v) is 1.73. The summed E-state index contributed by atoms with van der Waals surface area (Å²) < 4.78 is 12.8. The van der Waals surface area contributed by atoms with Crippen molar-refractivity contribution in [1.29, 1.82) is 0 Å². The number of halogens is 1. The van der Waals surface area contributed by atoms with Crippen molar-refractivity contribution in [3.8, 4) is 0 Å². The number of carbonyl (C=O) groups excluding carboxylic acids is 2. The van der Waals surface area contributed by atoms with Crippen molar-refractivity contribution in [1.82, 2.24) is 0 Å². The van der Waals surface area contributed by atoms with Crippen LogP contribution in [0.5, 0.6) is 0 Å². The number of carbonyl (C=O) groups is 2. The molecule has 0 saturated heterocycles. The zero-order valence-corrected chi connectivity index (χ0v) is 7.71. The summed E-state index contributed by atoms with van der Waals surface area (Å²) >= 11 is 0. The summed E-state index contributed by atoms with van der Waals surface area (Å²) in [6.07, 6.45) is -0.242. The third-order valence-electron chi connectivity index (χ3n) is 1.73. The molecule has 0 fully saturated rings. The quantitative estimate of drug-likeness (QED) is 0.452. The lowest BCUT2D eigenvalue weighted by molar-refractivity contribution is -0.116. The maximum absolute atomic E-state index is 12.8. The summed E-state index contributed by atoms with van der Waals surface area (Å²) in [7, 11) is 0. The molecule has 0 amide bonds. The van der Waals surface area contributed by atoms with Crippen molar-refractivity contribution in [3.63, 3.8) is 0 Å². The lowest BCUT2D eigenvalue weighted by Crippen LogP contribution is -2.08. The Morgan fingerprint density at radius 2 is 2.07 bits per heavy atom. The van der Waals surface area contributed by atoms with Crippen LogP contribution in [0.2, 0.25) is 0 Å². The second-order valence-corrected chi connectivity index (χ2v) is 3.03. The molecule has 0 bridgehead atoms. The second-order valence-electron chi connectivity index (χ2n) is 3.03. The van der Waals surface area contributed by atoms with Gasteiger partial charge in [-0.2, -0.15) is 0 Å². The van der Waals surface area contributed by atoms with Gasteiger partial charge in [-0.25, -0.2) is 4.39 Å². The summed E-state index contributed by atoms with van der Waals surface area (Å²) in [5.41, 5.74) is 5.73. The van der Waals surface area contributed by atoms with E-state index in [0.29, 0.717) is 0 Å². The van der Waals surface area contributed by atoms with Gasteiger partial charge < -0.3 is 5.73 Å². The van der Waals surface area contributed by atoms with E-state index in [1.807, 2.05) is 0 Å². The van der Waals surface area contributed by atoms with Crippen molar-refractivity contribution >= 4 is 17.3 Å². The molecule has 0 radical (unpaired) electrons. The number of Topliss-reactive ketones (excluding diaryl/α,β-unsaturated/α-hetero) is 2. The first-order valence-corrected chi connectivity index (χ1v) is 4.08. The summed E-state index contributed by atoms with van der Waals surface area (Å²) in [5.74, 6) is -1.25. The maximum atomic E-state index is 12.8. The van der Waals surface area contributed by atoms with Crippen molar-refractivity contribution < 1.29 is 14.0 Å². The molecule has 3 nitrogen and oxygen atoms in total. The second kappa shape index (κ2) is 4.00. The van der Waals surface area contributed by atoms with Gasteiger partial charge in [-0.1, -0.05) is 0 Å². The summed E-state index contributed by atoms with van der Waals surface area (Å²) in [5, 5.41) is 0. The van der Waals surface area contributed by atoms with Crippen molar-refractivity contribution in [2.75, 3.05) is 5.73 Å². The molecule has 0 heterocycles. The van der Waals surface area contributed by atoms with Crippen LogP contribution in [0.1, 0.15) is 23.7 Å². The van der Waals surface area contributed by atoms with E-state index in [9.17, 15) is 14.0 Å². The Balaban J connectivity index is 3.00. The Morgan fingerprint density at radius 3 is 2.64 bits per heavy atom. The largest absolute Gasteiger partial charge is 0.398 e. The molecule has 4 heteroatoms. The highest BCUT2D eigenvalue weighted by atomic mass is 19.1. The van der Waals surface area contributed by atoms with Gasteiger partial charge in [0.25, 0.3) is 0 Å². The zero-order chi connectivity index (χ0) is 10.7. The van der Waals surface area contributed by atoms with Gasteiger partial charge in [-0.15, -0.1) is 0 Å². The Morgan fingerprint density at radius 1 is 1.43 bits per heavy atom. The van der Waals surface area contributed by atoms with Crippen LogP contribution in [0, 0.1) is 5.82 Å². The van der Waals surface area contributed by atoms with E-state index in [1.165, 1.54) is 19.1 Å². The van der Waals surface area contributed by atoms with Gasteiger partial charge in [-0.3, -0.25) is 9.59 Å². The number of hydrogen-bond acceptors (Lipinski definition) is 3. The van der Waals surface area contributed by atoms with E-state index in [-0.39, 0.29) is 23.5 Å². The van der Waals surface area contributed by atoms with Gasteiger partial charge in [0.05, 0.1) is 6.42 Å². The maximum Gasteiger partial charge on any atom is 0.172 e. The number of ketones is 2. The van der Waals surface area contributed by atoms with Gasteiger partial charge in [0, 0.05) is 11.3 Å². The molecule has 14 heavy (non-hydrogen) atoms. The third kappa shape index (κ3) is 2.39. The molecule has 0 unspecified atom stereocenters. The minimum atomic E-state index is -0.536. The minimum Gasteiger partial charge on any atom is -0.398 e. The SMILES string of the molecule is CC(=O)CC(=O)c1cc(F)ccc1N. The molecule has 0 spiro atoms. The molecule has 74 valence electrons. The molecule has 0 aliphatic heterocycles. The van der Waals surface area contributed by atoms with Gasteiger partial charge >= 0.3 is 0 Å². The normalized spacial score (nSPS) is 9.86. The average Bonchev–Trinajstić information content (AvgIpc) is 2.08. The summed E-state index contributed by atoms with van der Waals surface area (Å²) in [4.78, 5) is 22.0. The smallest absolute Gasteiger partial charge is 0.172 e. The van der Waals surface area contributed by atoms with Crippen LogP contribution in [0.3, 0.4) is 0 Å². The first-order valence-electron chi connectivity index (χ1n) is 4.08. The number of anilines is 1. The van der Waals surface area contributed by atoms with Gasteiger partial charge in [0.2, 0.25) is 0 Å². The Kier molecular flexibility index (Phi) is 2.96. The molecule has 0 saturated carbocycles. The van der Waals surface area contributed by atoms with E-state index >= 15 is 0 Å². The molecule has 1 aromatic carbocycles. The van der Waals surface area contributed by atoms with Crippen molar-refractivity contribution in [2.45, 2.75) is 13.3 Å². The predicted octanol–water partition coefficient (Wildman–Crippen LogP) is 1.57. The molecule has 0 aliphatic carbocycles. The highest BCUT2D eigenvalue weighted by molar-refractivity contribution is 6.09. The number of nitrogen functional groups attached to an aromatic ring is 1. The number of rotatable bonds is 3. The fraction of sp³-hybridized carbons (Fsp3) is 0.200. The minimum absolute atomic E-state index is 0.0696. The molecule has 1 rings (SSSR count). The predicted molar refractivity (Wildman–Crippen MR) is 50.4 cm³/mol. The fourth-order valence-corrected chi connectivity index (χ4v) is 1.09. The lowest BCUT2D eigenvalue weighted by atomic mass is 10.0. The monoisotopic (exact) mass is 195 g/mol. The summed E-state index contributed by atoms with van der Waals surface area (Å²) in [6, 6.07) is 3.52. The lowest BCUT2D eigenvalue weighted by Gasteiger charge is -2.02. The van der Waals surface area contributed by atoms with Crippen molar-refractivity contribution in [3.05, 3.63) is 29.6 Å². The first-order chi connectivity index (χ1) is 6.50. The van der Waals surface area contributed by atoms with Gasteiger partial charge in [-0.05, 0) is 25.1 Å². The zero-order valence-electron chi connectivity index (χ0n) is 7.71. The van der Waals surface area contributed by atoms with E-state index in [0.717, 1.165) is 6.07 Å². The molecular formula is C10H10FNO2. The van der Waals surface area contributed by atoms with E-state index in [4.69, 9.17) is 5.73 Å². The molecule has 1 aromatic rings. The van der Waals surface area contributed by atoms with Gasteiger partial charge in [0.1, 0.15) is 11.6 Å². The topological polar surface area (TPSA) is 60.2 Å². The fourth-order valence-electron chi connectivity index (χ4n) is 1.09. The van der Waals surface area contributed by atoms with Crippen molar-refractivity contribution in [2.24, 2.45) is 0 Å². The number of benzene rings is 1. The highest BCUT2D eigenvalue weighted by Gasteiger charge is 2.12. The molecule has 2 N–H and O–H groups in total. The van der Waals surface area contributed by atoms with Crippen LogP contribution >= 0.6 is 0 Å². The molecule has 0 atom stereocenters. The Bertz CT molecular complexity index is 388. The van der Waals surface area contributed by atoms with Crippen LogP contribution in [0.25, 0.3) is 0 Å². The molecule has 0 aliphatic rings. The number of hydrogen-bond donors (Lipinski definition) is 1. The van der Waals surface area contributed by atoms with Crippen LogP contribution in [0.15, 0.2) is 18.2 Å².